The van der Waals surface area contributed by atoms with E-state index in [2.05, 4.69) is 11.4 Å². The fourth-order valence-electron chi connectivity index (χ4n) is 3.14. The van der Waals surface area contributed by atoms with Crippen molar-refractivity contribution in [3.05, 3.63) is 0 Å². The molecule has 0 aromatic carbocycles. The zero-order valence-corrected chi connectivity index (χ0v) is 10.6. The van der Waals surface area contributed by atoms with Gasteiger partial charge in [-0.3, -0.25) is 9.69 Å². The number of carboxylic acids is 1. The maximum atomic E-state index is 11.1. The molecule has 2 atom stereocenters. The summed E-state index contributed by atoms with van der Waals surface area (Å²) < 4.78 is 0. The standard InChI is InChI=1S/C13H21N3O2/c14-5-6-16-8-10(13(17)18)7-12(9-16)15-11-3-1-2-4-11/h10-12,15H,1-4,6-9H2,(H,17,18). The molecule has 5 heteroatoms. The van der Waals surface area contributed by atoms with Crippen LogP contribution in [0.15, 0.2) is 0 Å². The predicted molar refractivity (Wildman–Crippen MR) is 67.0 cm³/mol. The van der Waals surface area contributed by atoms with Crippen LogP contribution in [-0.2, 0) is 4.79 Å². The molecule has 0 amide bonds. The predicted octanol–water partition coefficient (Wildman–Crippen LogP) is 0.817. The Morgan fingerprint density at radius 1 is 1.33 bits per heavy atom. The maximum absolute atomic E-state index is 11.1. The van der Waals surface area contributed by atoms with Crippen molar-refractivity contribution in [3.8, 4) is 6.07 Å². The molecule has 2 N–H and O–H groups in total. The van der Waals surface area contributed by atoms with Gasteiger partial charge in [0.05, 0.1) is 18.5 Å². The molecule has 2 rings (SSSR count). The molecule has 0 bridgehead atoms. The van der Waals surface area contributed by atoms with Crippen LogP contribution in [0.25, 0.3) is 0 Å². The summed E-state index contributed by atoms with van der Waals surface area (Å²) in [6.07, 6.45) is 5.63. The largest absolute Gasteiger partial charge is 0.481 e. The van der Waals surface area contributed by atoms with Crippen molar-refractivity contribution in [2.24, 2.45) is 5.92 Å². The Morgan fingerprint density at radius 3 is 2.67 bits per heavy atom. The van der Waals surface area contributed by atoms with Crippen LogP contribution in [0.3, 0.4) is 0 Å². The average Bonchev–Trinajstić information content (AvgIpc) is 2.82. The fraction of sp³-hybridized carbons (Fsp3) is 0.846. The van der Waals surface area contributed by atoms with E-state index >= 15 is 0 Å². The molecule has 1 saturated heterocycles. The lowest BCUT2D eigenvalue weighted by Gasteiger charge is -2.36. The van der Waals surface area contributed by atoms with E-state index in [-0.39, 0.29) is 12.0 Å². The average molecular weight is 251 g/mol. The van der Waals surface area contributed by atoms with E-state index in [0.717, 1.165) is 6.54 Å². The van der Waals surface area contributed by atoms with E-state index in [1.165, 1.54) is 25.7 Å². The summed E-state index contributed by atoms with van der Waals surface area (Å²) >= 11 is 0. The fourth-order valence-corrected chi connectivity index (χ4v) is 3.14. The molecule has 1 heterocycles. The number of nitriles is 1. The molecule has 5 nitrogen and oxygen atoms in total. The van der Waals surface area contributed by atoms with Crippen LogP contribution < -0.4 is 5.32 Å². The molecule has 1 saturated carbocycles. The number of carboxylic acid groups (broad SMARTS) is 1. The van der Waals surface area contributed by atoms with Crippen molar-refractivity contribution < 1.29 is 9.90 Å². The van der Waals surface area contributed by atoms with E-state index in [0.29, 0.717) is 25.6 Å². The van der Waals surface area contributed by atoms with Crippen molar-refractivity contribution in [2.45, 2.75) is 44.2 Å². The summed E-state index contributed by atoms with van der Waals surface area (Å²) in [4.78, 5) is 13.1. The van der Waals surface area contributed by atoms with Crippen LogP contribution in [-0.4, -0.2) is 47.7 Å². The van der Waals surface area contributed by atoms with Crippen LogP contribution in [0.1, 0.15) is 32.1 Å². The Hall–Kier alpha value is -1.12. The van der Waals surface area contributed by atoms with E-state index in [1.54, 1.807) is 0 Å². The minimum atomic E-state index is -0.740. The van der Waals surface area contributed by atoms with E-state index in [9.17, 15) is 4.79 Å². The summed E-state index contributed by atoms with van der Waals surface area (Å²) in [5, 5.41) is 21.5. The van der Waals surface area contributed by atoms with Crippen LogP contribution in [0, 0.1) is 17.2 Å². The van der Waals surface area contributed by atoms with Crippen molar-refractivity contribution in [3.63, 3.8) is 0 Å². The minimum absolute atomic E-state index is 0.219. The highest BCUT2D eigenvalue weighted by molar-refractivity contribution is 5.70. The molecule has 0 aromatic heterocycles. The number of carbonyl (C=O) groups is 1. The number of aliphatic carboxylic acids is 1. The number of hydrogen-bond donors (Lipinski definition) is 2. The van der Waals surface area contributed by atoms with Gasteiger partial charge in [0.2, 0.25) is 0 Å². The van der Waals surface area contributed by atoms with Gasteiger partial charge in [-0.2, -0.15) is 5.26 Å². The summed E-state index contributed by atoms with van der Waals surface area (Å²) in [7, 11) is 0. The van der Waals surface area contributed by atoms with Crippen LogP contribution in [0.4, 0.5) is 0 Å². The third-order valence-electron chi connectivity index (χ3n) is 4.00. The lowest BCUT2D eigenvalue weighted by atomic mass is 9.93. The van der Waals surface area contributed by atoms with E-state index in [4.69, 9.17) is 10.4 Å². The van der Waals surface area contributed by atoms with Gasteiger partial charge >= 0.3 is 5.97 Å². The zero-order chi connectivity index (χ0) is 13.0. The molecule has 0 aromatic rings. The molecule has 1 aliphatic heterocycles. The van der Waals surface area contributed by atoms with Gasteiger partial charge in [-0.05, 0) is 19.3 Å². The smallest absolute Gasteiger partial charge is 0.307 e. The Bertz CT molecular complexity index is 334. The van der Waals surface area contributed by atoms with Gasteiger partial charge in [-0.1, -0.05) is 12.8 Å². The van der Waals surface area contributed by atoms with Gasteiger partial charge in [0.15, 0.2) is 0 Å². The van der Waals surface area contributed by atoms with Gasteiger partial charge in [-0.25, -0.2) is 0 Å². The van der Waals surface area contributed by atoms with Gasteiger partial charge in [0, 0.05) is 25.2 Å². The van der Waals surface area contributed by atoms with Gasteiger partial charge < -0.3 is 10.4 Å². The highest BCUT2D eigenvalue weighted by atomic mass is 16.4. The van der Waals surface area contributed by atoms with Crippen LogP contribution >= 0.6 is 0 Å². The number of likely N-dealkylation sites (tertiary alicyclic amines) is 1. The monoisotopic (exact) mass is 251 g/mol. The second-order valence-electron chi connectivity index (χ2n) is 5.47. The minimum Gasteiger partial charge on any atom is -0.481 e. The topological polar surface area (TPSA) is 76.4 Å². The lowest BCUT2D eigenvalue weighted by Crippen LogP contribution is -2.52. The van der Waals surface area contributed by atoms with E-state index < -0.39 is 5.97 Å². The van der Waals surface area contributed by atoms with Crippen LogP contribution in [0.5, 0.6) is 0 Å². The quantitative estimate of drug-likeness (QED) is 0.723. The van der Waals surface area contributed by atoms with Crippen molar-refractivity contribution in [1.29, 1.82) is 5.26 Å². The third-order valence-corrected chi connectivity index (χ3v) is 4.00. The number of nitrogens with one attached hydrogen (secondary N) is 1. The Labute approximate surface area is 108 Å². The maximum Gasteiger partial charge on any atom is 0.307 e. The number of hydrogen-bond acceptors (Lipinski definition) is 4. The SMILES string of the molecule is N#CCN1CC(NC2CCCC2)CC(C(=O)O)C1. The molecule has 1 aliphatic carbocycles. The molecule has 2 aliphatic rings. The summed E-state index contributed by atoms with van der Waals surface area (Å²) in [5.74, 6) is -1.08. The first-order valence-corrected chi connectivity index (χ1v) is 6.77. The summed E-state index contributed by atoms with van der Waals surface area (Å²) in [6, 6.07) is 2.88. The number of nitrogens with zero attached hydrogens (tertiary/aromatic N) is 2. The van der Waals surface area contributed by atoms with Gasteiger partial charge in [-0.15, -0.1) is 0 Å². The molecule has 2 unspecified atom stereocenters. The molecule has 100 valence electrons. The first-order chi connectivity index (χ1) is 8.69. The summed E-state index contributed by atoms with van der Waals surface area (Å²) in [6.45, 7) is 1.63. The van der Waals surface area contributed by atoms with Crippen molar-refractivity contribution in [1.82, 2.24) is 10.2 Å². The lowest BCUT2D eigenvalue weighted by molar-refractivity contribution is -0.144. The van der Waals surface area contributed by atoms with Crippen molar-refractivity contribution in [2.75, 3.05) is 19.6 Å². The molecule has 0 spiro atoms. The van der Waals surface area contributed by atoms with Gasteiger partial charge in [0.1, 0.15) is 0 Å². The molecule has 18 heavy (non-hydrogen) atoms. The molecule has 2 fully saturated rings. The Kier molecular flexibility index (Phi) is 4.56. The number of rotatable bonds is 4. The first-order valence-electron chi connectivity index (χ1n) is 6.77. The van der Waals surface area contributed by atoms with Gasteiger partial charge in [0.25, 0.3) is 0 Å². The Balaban J connectivity index is 1.91. The highest BCUT2D eigenvalue weighted by Gasteiger charge is 2.32. The van der Waals surface area contributed by atoms with Crippen LogP contribution in [0.2, 0.25) is 0 Å². The van der Waals surface area contributed by atoms with Crippen molar-refractivity contribution >= 4 is 5.97 Å². The summed E-state index contributed by atoms with van der Waals surface area (Å²) in [5.41, 5.74) is 0. The highest BCUT2D eigenvalue weighted by Crippen LogP contribution is 2.22. The zero-order valence-electron chi connectivity index (χ0n) is 10.6. The number of piperidine rings is 1. The normalized spacial score (nSPS) is 30.2. The Morgan fingerprint density at radius 2 is 2.06 bits per heavy atom. The second-order valence-corrected chi connectivity index (χ2v) is 5.47. The second kappa shape index (κ2) is 6.17. The van der Waals surface area contributed by atoms with E-state index in [1.807, 2.05) is 4.90 Å². The molecule has 0 radical (unpaired) electrons. The third kappa shape index (κ3) is 3.44. The molecular weight excluding hydrogens is 230 g/mol. The first kappa shape index (κ1) is 13.3. The molecular formula is C13H21N3O2.